The van der Waals surface area contributed by atoms with E-state index in [1.807, 2.05) is 48.5 Å². The molecule has 0 saturated carbocycles. The maximum absolute atomic E-state index is 12.8. The molecule has 3 aromatic rings. The van der Waals surface area contributed by atoms with Gasteiger partial charge in [-0.2, -0.15) is 5.26 Å². The summed E-state index contributed by atoms with van der Waals surface area (Å²) in [6, 6.07) is 20.2. The van der Waals surface area contributed by atoms with Gasteiger partial charge in [0.1, 0.15) is 6.42 Å². The van der Waals surface area contributed by atoms with Crippen LogP contribution >= 0.6 is 12.2 Å². The number of para-hydroxylation sites is 1. The highest BCUT2D eigenvalue weighted by Gasteiger charge is 2.15. The number of carbonyl (C=O) groups excluding carboxylic acids is 2. The van der Waals surface area contributed by atoms with Crippen molar-refractivity contribution in [1.29, 1.82) is 5.26 Å². The van der Waals surface area contributed by atoms with Crippen LogP contribution in [0.15, 0.2) is 60.7 Å². The van der Waals surface area contributed by atoms with Crippen LogP contribution in [-0.2, 0) is 4.79 Å². The van der Waals surface area contributed by atoms with Gasteiger partial charge in [0.05, 0.1) is 22.8 Å². The number of nitriles is 1. The number of amides is 2. The summed E-state index contributed by atoms with van der Waals surface area (Å²) in [5, 5.41) is 11.6. The lowest BCUT2D eigenvalue weighted by Crippen LogP contribution is -2.48. The highest BCUT2D eigenvalue weighted by atomic mass is 32.1. The van der Waals surface area contributed by atoms with E-state index in [4.69, 9.17) is 17.5 Å². The Hall–Kier alpha value is -3.83. The van der Waals surface area contributed by atoms with Crippen molar-refractivity contribution in [3.63, 3.8) is 0 Å². The topological polar surface area (TPSA) is 107 Å². The molecule has 0 fully saturated rings. The Morgan fingerprint density at radius 1 is 1.04 bits per heavy atom. The molecule has 8 heteroatoms. The van der Waals surface area contributed by atoms with Gasteiger partial charge in [-0.15, -0.1) is 0 Å². The average Bonchev–Trinajstić information content (AvgIpc) is 2.72. The highest BCUT2D eigenvalue weighted by Crippen LogP contribution is 2.24. The Morgan fingerprint density at radius 3 is 2.50 bits per heavy atom. The van der Waals surface area contributed by atoms with E-state index >= 15 is 0 Å². The molecule has 2 aromatic carbocycles. The van der Waals surface area contributed by atoms with Crippen molar-refractivity contribution in [1.82, 2.24) is 21.2 Å². The van der Waals surface area contributed by atoms with Gasteiger partial charge >= 0.3 is 0 Å². The summed E-state index contributed by atoms with van der Waals surface area (Å²) >= 11 is 5.03. The van der Waals surface area contributed by atoms with E-state index in [-0.39, 0.29) is 11.5 Å². The number of nitrogens with one attached hydrogen (secondary N) is 3. The Morgan fingerprint density at radius 2 is 1.75 bits per heavy atom. The van der Waals surface area contributed by atoms with Gasteiger partial charge in [0.2, 0.25) is 0 Å². The normalized spacial score (nSPS) is 9.96. The molecule has 0 saturated heterocycles. The highest BCUT2D eigenvalue weighted by molar-refractivity contribution is 7.80. The number of hydrazine groups is 1. The van der Waals surface area contributed by atoms with Crippen LogP contribution in [0, 0.1) is 11.3 Å². The fourth-order valence-electron chi connectivity index (χ4n) is 2.56. The zero-order valence-electron chi connectivity index (χ0n) is 14.6. The number of thiocarbonyl (C=S) groups is 1. The Kier molecular flexibility index (Phi) is 5.89. The van der Waals surface area contributed by atoms with E-state index in [1.165, 1.54) is 0 Å². The monoisotopic (exact) mass is 389 g/mol. The minimum Gasteiger partial charge on any atom is -0.298 e. The second-order valence-electron chi connectivity index (χ2n) is 5.73. The Bertz CT molecular complexity index is 1090. The first kappa shape index (κ1) is 18.9. The molecule has 0 spiro atoms. The van der Waals surface area contributed by atoms with Crippen LogP contribution < -0.4 is 16.2 Å². The van der Waals surface area contributed by atoms with Gasteiger partial charge in [-0.3, -0.25) is 25.8 Å². The van der Waals surface area contributed by atoms with Crippen molar-refractivity contribution >= 4 is 40.0 Å². The molecule has 0 aliphatic carbocycles. The largest absolute Gasteiger partial charge is 0.298 e. The van der Waals surface area contributed by atoms with Gasteiger partial charge < -0.3 is 0 Å². The molecule has 0 bridgehead atoms. The van der Waals surface area contributed by atoms with Crippen molar-refractivity contribution < 1.29 is 9.59 Å². The van der Waals surface area contributed by atoms with Crippen LogP contribution in [0.5, 0.6) is 0 Å². The van der Waals surface area contributed by atoms with Gasteiger partial charge in [-0.05, 0) is 24.4 Å². The molecule has 2 amide bonds. The second kappa shape index (κ2) is 8.70. The van der Waals surface area contributed by atoms with E-state index < -0.39 is 11.8 Å². The molecular formula is C20H15N5O2S. The maximum atomic E-state index is 12.8. The van der Waals surface area contributed by atoms with Crippen LogP contribution in [0.4, 0.5) is 0 Å². The summed E-state index contributed by atoms with van der Waals surface area (Å²) < 4.78 is 0. The summed E-state index contributed by atoms with van der Waals surface area (Å²) in [6.07, 6.45) is -0.320. The fraction of sp³-hybridized carbons (Fsp3) is 0.0500. The second-order valence-corrected chi connectivity index (χ2v) is 6.14. The molecule has 28 heavy (non-hydrogen) atoms. The van der Waals surface area contributed by atoms with E-state index in [2.05, 4.69) is 21.2 Å². The van der Waals surface area contributed by atoms with Crippen molar-refractivity contribution in [2.45, 2.75) is 6.42 Å². The lowest BCUT2D eigenvalue weighted by molar-refractivity contribution is -0.120. The van der Waals surface area contributed by atoms with E-state index in [0.29, 0.717) is 22.2 Å². The van der Waals surface area contributed by atoms with Crippen LogP contribution in [0.2, 0.25) is 0 Å². The van der Waals surface area contributed by atoms with Crippen molar-refractivity contribution in [2.24, 2.45) is 0 Å². The first-order valence-corrected chi connectivity index (χ1v) is 8.71. The lowest BCUT2D eigenvalue weighted by atomic mass is 10.0. The number of rotatable bonds is 3. The summed E-state index contributed by atoms with van der Waals surface area (Å²) in [5.41, 5.74) is 7.25. The number of pyridine rings is 1. The standard InChI is InChI=1S/C20H15N5O2S/c21-11-10-18(26)24-25-20(28)23-19(27)15-12-17(13-6-2-1-3-7-13)22-16-9-5-4-8-14(15)16/h1-9,12H,10H2,(H,24,26)(H2,23,25,27,28). The Balaban J connectivity index is 1.87. The molecule has 0 radical (unpaired) electrons. The van der Waals surface area contributed by atoms with Crippen LogP contribution in [0.3, 0.4) is 0 Å². The third-order valence-electron chi connectivity index (χ3n) is 3.81. The van der Waals surface area contributed by atoms with E-state index in [1.54, 1.807) is 18.2 Å². The maximum Gasteiger partial charge on any atom is 0.258 e. The molecule has 0 unspecified atom stereocenters. The molecule has 7 nitrogen and oxygen atoms in total. The zero-order chi connectivity index (χ0) is 19.9. The first-order chi connectivity index (χ1) is 13.6. The average molecular weight is 389 g/mol. The molecule has 1 aromatic heterocycles. The smallest absolute Gasteiger partial charge is 0.258 e. The lowest BCUT2D eigenvalue weighted by Gasteiger charge is -2.12. The number of aromatic nitrogens is 1. The minimum absolute atomic E-state index is 0.0848. The van der Waals surface area contributed by atoms with Crippen molar-refractivity contribution in [3.05, 3.63) is 66.2 Å². The molecule has 3 N–H and O–H groups in total. The van der Waals surface area contributed by atoms with E-state index in [0.717, 1.165) is 5.56 Å². The van der Waals surface area contributed by atoms with Gasteiger partial charge in [-0.25, -0.2) is 4.98 Å². The van der Waals surface area contributed by atoms with Crippen LogP contribution in [-0.4, -0.2) is 21.9 Å². The number of benzene rings is 2. The van der Waals surface area contributed by atoms with Gasteiger partial charge in [0.15, 0.2) is 5.11 Å². The minimum atomic E-state index is -0.556. The molecule has 0 atom stereocenters. The SMILES string of the molecule is N#CCC(=O)NNC(=S)NC(=O)c1cc(-c2ccccc2)nc2ccccc12. The number of hydrogen-bond donors (Lipinski definition) is 3. The predicted octanol–water partition coefficient (Wildman–Crippen LogP) is 2.45. The molecule has 1 heterocycles. The Labute approximate surface area is 166 Å². The zero-order valence-corrected chi connectivity index (χ0v) is 15.4. The van der Waals surface area contributed by atoms with Crippen LogP contribution in [0.25, 0.3) is 22.2 Å². The van der Waals surface area contributed by atoms with Gasteiger partial charge in [-0.1, -0.05) is 48.5 Å². The van der Waals surface area contributed by atoms with Gasteiger partial charge in [0, 0.05) is 10.9 Å². The quantitative estimate of drug-likeness (QED) is 0.469. The summed E-state index contributed by atoms with van der Waals surface area (Å²) in [4.78, 5) is 28.7. The van der Waals surface area contributed by atoms with Gasteiger partial charge in [0.25, 0.3) is 11.8 Å². The third kappa shape index (κ3) is 4.47. The third-order valence-corrected chi connectivity index (χ3v) is 4.02. The van der Waals surface area contributed by atoms with Crippen molar-refractivity contribution in [2.75, 3.05) is 0 Å². The molecule has 138 valence electrons. The molecule has 0 aliphatic heterocycles. The van der Waals surface area contributed by atoms with E-state index in [9.17, 15) is 9.59 Å². The van der Waals surface area contributed by atoms with Crippen molar-refractivity contribution in [3.8, 4) is 17.3 Å². The number of nitrogens with zero attached hydrogens (tertiary/aromatic N) is 2. The summed E-state index contributed by atoms with van der Waals surface area (Å²) in [5.74, 6) is -0.998. The fourth-order valence-corrected chi connectivity index (χ4v) is 2.71. The molecular weight excluding hydrogens is 374 g/mol. The predicted molar refractivity (Wildman–Crippen MR) is 109 cm³/mol. The first-order valence-electron chi connectivity index (χ1n) is 8.31. The summed E-state index contributed by atoms with van der Waals surface area (Å²) in [6.45, 7) is 0. The number of fused-ring (bicyclic) bond motifs is 1. The van der Waals surface area contributed by atoms with Crippen LogP contribution in [0.1, 0.15) is 16.8 Å². The molecule has 3 rings (SSSR count). The number of hydrogen-bond acceptors (Lipinski definition) is 5. The summed E-state index contributed by atoms with van der Waals surface area (Å²) in [7, 11) is 0. The number of carbonyl (C=O) groups is 2. The molecule has 0 aliphatic rings.